The Labute approximate surface area is 152 Å². The fraction of sp³-hybridized carbons (Fsp3) is 0.684. The predicted molar refractivity (Wildman–Crippen MR) is 92.6 cm³/mol. The number of ether oxygens (including phenoxy) is 2. The van der Waals surface area contributed by atoms with Gasteiger partial charge in [-0.1, -0.05) is 6.42 Å². The molecule has 26 heavy (non-hydrogen) atoms. The van der Waals surface area contributed by atoms with Crippen molar-refractivity contribution in [1.29, 1.82) is 0 Å². The van der Waals surface area contributed by atoms with E-state index in [4.69, 9.17) is 15.2 Å². The van der Waals surface area contributed by atoms with Gasteiger partial charge >= 0.3 is 5.97 Å². The number of nitrogens with two attached hydrogens (primary N) is 1. The minimum absolute atomic E-state index is 0.133. The van der Waals surface area contributed by atoms with Crippen LogP contribution in [0.25, 0.3) is 0 Å². The molecular formula is C19H25N3O4. The van der Waals surface area contributed by atoms with E-state index < -0.39 is 23.9 Å². The SMILES string of the molecule is NC(=O)[C@H]1CCCC[C@H]1OC(=O)c1cnc(C2CC2)c(OCC2CC2)n1. The largest absolute Gasteiger partial charge is 0.476 e. The van der Waals surface area contributed by atoms with Gasteiger partial charge in [-0.3, -0.25) is 9.78 Å². The van der Waals surface area contributed by atoms with Crippen LogP contribution in [0.15, 0.2) is 6.20 Å². The Balaban J connectivity index is 1.47. The van der Waals surface area contributed by atoms with Crippen molar-refractivity contribution in [1.82, 2.24) is 9.97 Å². The Bertz CT molecular complexity index is 700. The molecule has 3 fully saturated rings. The molecule has 0 saturated heterocycles. The molecule has 0 spiro atoms. The number of carbonyl (C=O) groups excluding carboxylic acids is 2. The van der Waals surface area contributed by atoms with Crippen molar-refractivity contribution >= 4 is 11.9 Å². The summed E-state index contributed by atoms with van der Waals surface area (Å²) in [5.41, 5.74) is 6.43. The first-order chi connectivity index (χ1) is 12.6. The Morgan fingerprint density at radius 2 is 1.88 bits per heavy atom. The van der Waals surface area contributed by atoms with Gasteiger partial charge in [-0.05, 0) is 50.9 Å². The van der Waals surface area contributed by atoms with E-state index in [0.29, 0.717) is 37.2 Å². The third kappa shape index (κ3) is 3.97. The molecule has 2 atom stereocenters. The number of esters is 1. The standard InChI is InChI=1S/C19H25N3O4/c20-17(23)13-3-1-2-4-15(13)26-19(24)14-9-21-16(12-7-8-12)18(22-14)25-10-11-5-6-11/h9,11-13,15H,1-8,10H2,(H2,20,23)/t13-,15+/m0/s1. The molecule has 0 bridgehead atoms. The smallest absolute Gasteiger partial charge is 0.358 e. The summed E-state index contributed by atoms with van der Waals surface area (Å²) in [6, 6.07) is 0. The van der Waals surface area contributed by atoms with E-state index in [2.05, 4.69) is 9.97 Å². The lowest BCUT2D eigenvalue weighted by Gasteiger charge is -2.28. The Kier molecular flexibility index (Phi) is 4.78. The number of hydrogen-bond donors (Lipinski definition) is 1. The van der Waals surface area contributed by atoms with Crippen LogP contribution in [-0.4, -0.2) is 34.6 Å². The molecule has 3 saturated carbocycles. The van der Waals surface area contributed by atoms with Crippen LogP contribution >= 0.6 is 0 Å². The molecule has 3 aliphatic carbocycles. The molecule has 4 rings (SSSR count). The van der Waals surface area contributed by atoms with Crippen molar-refractivity contribution in [2.45, 2.75) is 63.4 Å². The molecule has 0 radical (unpaired) electrons. The van der Waals surface area contributed by atoms with E-state index in [-0.39, 0.29) is 5.69 Å². The van der Waals surface area contributed by atoms with Gasteiger partial charge in [0, 0.05) is 5.92 Å². The highest BCUT2D eigenvalue weighted by atomic mass is 16.5. The average Bonchev–Trinajstić information content (AvgIpc) is 3.54. The summed E-state index contributed by atoms with van der Waals surface area (Å²) in [7, 11) is 0. The van der Waals surface area contributed by atoms with Crippen molar-refractivity contribution in [3.63, 3.8) is 0 Å². The van der Waals surface area contributed by atoms with Crippen LogP contribution in [-0.2, 0) is 9.53 Å². The first-order valence-electron chi connectivity index (χ1n) is 9.62. The molecule has 1 aromatic heterocycles. The second-order valence-electron chi connectivity index (χ2n) is 7.71. The van der Waals surface area contributed by atoms with Crippen LogP contribution in [0.1, 0.15) is 73.5 Å². The van der Waals surface area contributed by atoms with Crippen molar-refractivity contribution in [3.05, 3.63) is 17.6 Å². The summed E-state index contributed by atoms with van der Waals surface area (Å²) in [4.78, 5) is 33.0. The van der Waals surface area contributed by atoms with E-state index in [1.165, 1.54) is 19.0 Å². The fourth-order valence-electron chi connectivity index (χ4n) is 3.47. The van der Waals surface area contributed by atoms with Crippen LogP contribution in [0, 0.1) is 11.8 Å². The van der Waals surface area contributed by atoms with Gasteiger partial charge < -0.3 is 15.2 Å². The molecule has 7 heteroatoms. The summed E-state index contributed by atoms with van der Waals surface area (Å²) in [6.07, 6.45) is 8.68. The van der Waals surface area contributed by atoms with Crippen LogP contribution in [0.2, 0.25) is 0 Å². The molecule has 3 aliphatic rings. The first kappa shape index (κ1) is 17.2. The zero-order valence-corrected chi connectivity index (χ0v) is 14.9. The second-order valence-corrected chi connectivity index (χ2v) is 7.71. The predicted octanol–water partition coefficient (Wildman–Crippen LogP) is 2.34. The van der Waals surface area contributed by atoms with Crippen LogP contribution < -0.4 is 10.5 Å². The molecule has 0 aliphatic heterocycles. The molecule has 7 nitrogen and oxygen atoms in total. The van der Waals surface area contributed by atoms with Gasteiger partial charge in [-0.25, -0.2) is 9.78 Å². The van der Waals surface area contributed by atoms with E-state index in [9.17, 15) is 9.59 Å². The highest BCUT2D eigenvalue weighted by Gasteiger charge is 2.34. The number of aromatic nitrogens is 2. The third-order valence-electron chi connectivity index (χ3n) is 5.42. The number of nitrogens with zero attached hydrogens (tertiary/aromatic N) is 2. The van der Waals surface area contributed by atoms with E-state index >= 15 is 0 Å². The maximum absolute atomic E-state index is 12.5. The van der Waals surface area contributed by atoms with Gasteiger partial charge in [0.25, 0.3) is 0 Å². The molecule has 2 N–H and O–H groups in total. The molecule has 1 amide bonds. The van der Waals surface area contributed by atoms with Crippen LogP contribution in [0.5, 0.6) is 5.88 Å². The highest BCUT2D eigenvalue weighted by Crippen LogP contribution is 2.43. The lowest BCUT2D eigenvalue weighted by molar-refractivity contribution is -0.127. The number of rotatable bonds is 7. The summed E-state index contributed by atoms with van der Waals surface area (Å²) in [6.45, 7) is 0.624. The average molecular weight is 359 g/mol. The maximum Gasteiger partial charge on any atom is 0.358 e. The van der Waals surface area contributed by atoms with Crippen molar-refractivity contribution < 1.29 is 19.1 Å². The third-order valence-corrected chi connectivity index (χ3v) is 5.42. The minimum Gasteiger partial charge on any atom is -0.476 e. The van der Waals surface area contributed by atoms with Crippen molar-refractivity contribution in [2.75, 3.05) is 6.61 Å². The maximum atomic E-state index is 12.5. The van der Waals surface area contributed by atoms with Crippen molar-refractivity contribution in [2.24, 2.45) is 17.6 Å². The first-order valence-corrected chi connectivity index (χ1v) is 9.62. The Morgan fingerprint density at radius 3 is 2.58 bits per heavy atom. The molecule has 1 aromatic rings. The zero-order valence-electron chi connectivity index (χ0n) is 14.9. The van der Waals surface area contributed by atoms with Gasteiger partial charge in [-0.2, -0.15) is 0 Å². The number of amides is 1. The molecule has 140 valence electrons. The van der Waals surface area contributed by atoms with Crippen LogP contribution in [0.4, 0.5) is 0 Å². The summed E-state index contributed by atoms with van der Waals surface area (Å²) in [5.74, 6) is 0.0544. The summed E-state index contributed by atoms with van der Waals surface area (Å²) < 4.78 is 11.4. The number of hydrogen-bond acceptors (Lipinski definition) is 6. The zero-order chi connectivity index (χ0) is 18.1. The van der Waals surface area contributed by atoms with E-state index in [1.807, 2.05) is 0 Å². The fourth-order valence-corrected chi connectivity index (χ4v) is 3.47. The quantitative estimate of drug-likeness (QED) is 0.749. The monoisotopic (exact) mass is 359 g/mol. The molecule has 1 heterocycles. The molecule has 0 unspecified atom stereocenters. The van der Waals surface area contributed by atoms with E-state index in [0.717, 1.165) is 31.4 Å². The lowest BCUT2D eigenvalue weighted by atomic mass is 9.86. The second kappa shape index (κ2) is 7.21. The Morgan fingerprint density at radius 1 is 1.12 bits per heavy atom. The molecular weight excluding hydrogens is 334 g/mol. The van der Waals surface area contributed by atoms with Gasteiger partial charge in [-0.15, -0.1) is 0 Å². The minimum atomic E-state index is -0.561. The normalized spacial score (nSPS) is 25.5. The summed E-state index contributed by atoms with van der Waals surface area (Å²) >= 11 is 0. The van der Waals surface area contributed by atoms with Gasteiger partial charge in [0.05, 0.1) is 18.7 Å². The van der Waals surface area contributed by atoms with Gasteiger partial charge in [0.2, 0.25) is 11.8 Å². The topological polar surface area (TPSA) is 104 Å². The summed E-state index contributed by atoms with van der Waals surface area (Å²) in [5, 5.41) is 0. The van der Waals surface area contributed by atoms with Gasteiger partial charge in [0.15, 0.2) is 5.69 Å². The number of carbonyl (C=O) groups is 2. The lowest BCUT2D eigenvalue weighted by Crippen LogP contribution is -2.38. The Hall–Kier alpha value is -2.18. The molecule has 0 aromatic carbocycles. The van der Waals surface area contributed by atoms with Crippen LogP contribution in [0.3, 0.4) is 0 Å². The highest BCUT2D eigenvalue weighted by molar-refractivity contribution is 5.87. The number of primary amides is 1. The van der Waals surface area contributed by atoms with E-state index in [1.54, 1.807) is 0 Å². The van der Waals surface area contributed by atoms with Gasteiger partial charge in [0.1, 0.15) is 11.8 Å². The van der Waals surface area contributed by atoms with Crippen molar-refractivity contribution in [3.8, 4) is 5.88 Å².